The van der Waals surface area contributed by atoms with Gasteiger partial charge in [-0.15, -0.1) is 0 Å². The van der Waals surface area contributed by atoms with Crippen molar-refractivity contribution >= 4 is 11.6 Å². The predicted octanol–water partition coefficient (Wildman–Crippen LogP) is 2.57. The van der Waals surface area contributed by atoms with Crippen LogP contribution < -0.4 is 10.6 Å². The fourth-order valence-electron chi connectivity index (χ4n) is 1.40. The molecule has 0 spiro atoms. The molecule has 0 saturated heterocycles. The summed E-state index contributed by atoms with van der Waals surface area (Å²) in [5, 5.41) is 7.01. The monoisotopic (exact) mass is 244 g/mol. The van der Waals surface area contributed by atoms with Crippen LogP contribution in [-0.4, -0.2) is 19.6 Å². The van der Waals surface area contributed by atoms with E-state index in [1.165, 1.54) is 12.1 Å². The summed E-state index contributed by atoms with van der Waals surface area (Å²) in [6, 6.07) is 4.49. The summed E-state index contributed by atoms with van der Waals surface area (Å²) in [6.45, 7) is 5.72. The quantitative estimate of drug-likeness (QED) is 0.721. The maximum absolute atomic E-state index is 12.8. The average Bonchev–Trinajstić information content (AvgIpc) is 2.26. The summed E-state index contributed by atoms with van der Waals surface area (Å²) in [6.07, 6.45) is 1.08. The molecule has 0 saturated carbocycles. The van der Waals surface area contributed by atoms with Crippen molar-refractivity contribution in [1.82, 2.24) is 10.6 Å². The lowest BCUT2D eigenvalue weighted by Crippen LogP contribution is -2.21. The maximum atomic E-state index is 12.8. The number of rotatable bonds is 7. The lowest BCUT2D eigenvalue weighted by Gasteiger charge is -2.07. The van der Waals surface area contributed by atoms with Crippen molar-refractivity contribution in [3.63, 3.8) is 0 Å². The molecular weight excluding hydrogens is 227 g/mol. The highest BCUT2D eigenvalue weighted by molar-refractivity contribution is 6.31. The van der Waals surface area contributed by atoms with Crippen LogP contribution in [0.1, 0.15) is 18.9 Å². The topological polar surface area (TPSA) is 24.1 Å². The van der Waals surface area contributed by atoms with E-state index in [-0.39, 0.29) is 5.82 Å². The third-order valence-electron chi connectivity index (χ3n) is 2.29. The normalized spacial score (nSPS) is 10.7. The predicted molar refractivity (Wildman–Crippen MR) is 66.3 cm³/mol. The Balaban J connectivity index is 2.21. The highest BCUT2D eigenvalue weighted by Gasteiger charge is 2.00. The van der Waals surface area contributed by atoms with Crippen molar-refractivity contribution in [1.29, 1.82) is 0 Å². The zero-order chi connectivity index (χ0) is 11.8. The van der Waals surface area contributed by atoms with E-state index in [2.05, 4.69) is 17.6 Å². The molecule has 0 heterocycles. The minimum Gasteiger partial charge on any atom is -0.317 e. The molecule has 0 amide bonds. The highest BCUT2D eigenvalue weighted by atomic mass is 35.5. The number of hydrogen-bond donors (Lipinski definition) is 2. The smallest absolute Gasteiger partial charge is 0.124 e. The minimum absolute atomic E-state index is 0.291. The molecule has 1 aromatic rings. The van der Waals surface area contributed by atoms with Gasteiger partial charge in [0.25, 0.3) is 0 Å². The fourth-order valence-corrected chi connectivity index (χ4v) is 1.64. The van der Waals surface area contributed by atoms with Crippen LogP contribution in [0.2, 0.25) is 5.02 Å². The summed E-state index contributed by atoms with van der Waals surface area (Å²) >= 11 is 5.90. The van der Waals surface area contributed by atoms with E-state index < -0.39 is 0 Å². The first-order chi connectivity index (χ1) is 7.74. The standard InChI is InChI=1S/C12H18ClFN2/c1-2-15-6-3-7-16-9-10-4-5-11(14)8-12(10)13/h4-5,8,15-16H,2-3,6-7,9H2,1H3. The molecule has 0 unspecified atom stereocenters. The van der Waals surface area contributed by atoms with Crippen LogP contribution in [0.15, 0.2) is 18.2 Å². The van der Waals surface area contributed by atoms with Gasteiger partial charge < -0.3 is 10.6 Å². The van der Waals surface area contributed by atoms with Crippen LogP contribution in [0, 0.1) is 5.82 Å². The first kappa shape index (κ1) is 13.4. The highest BCUT2D eigenvalue weighted by Crippen LogP contribution is 2.16. The Hall–Kier alpha value is -0.640. The van der Waals surface area contributed by atoms with Gasteiger partial charge in [0.1, 0.15) is 5.82 Å². The molecule has 0 aliphatic rings. The molecule has 1 aromatic carbocycles. The van der Waals surface area contributed by atoms with Crippen LogP contribution in [0.25, 0.3) is 0 Å². The van der Waals surface area contributed by atoms with Gasteiger partial charge in [-0.1, -0.05) is 24.6 Å². The molecule has 4 heteroatoms. The average molecular weight is 245 g/mol. The summed E-state index contributed by atoms with van der Waals surface area (Å²) < 4.78 is 12.8. The van der Waals surface area contributed by atoms with E-state index in [1.807, 2.05) is 0 Å². The van der Waals surface area contributed by atoms with Crippen LogP contribution in [0.5, 0.6) is 0 Å². The van der Waals surface area contributed by atoms with Crippen LogP contribution >= 0.6 is 11.6 Å². The molecule has 0 fully saturated rings. The van der Waals surface area contributed by atoms with Gasteiger partial charge >= 0.3 is 0 Å². The molecule has 1 rings (SSSR count). The van der Waals surface area contributed by atoms with Crippen molar-refractivity contribution in [2.75, 3.05) is 19.6 Å². The van der Waals surface area contributed by atoms with Crippen LogP contribution in [0.3, 0.4) is 0 Å². The van der Waals surface area contributed by atoms with Crippen molar-refractivity contribution in [3.8, 4) is 0 Å². The van der Waals surface area contributed by atoms with Crippen molar-refractivity contribution in [2.45, 2.75) is 19.9 Å². The van der Waals surface area contributed by atoms with E-state index in [0.29, 0.717) is 11.6 Å². The second-order valence-corrected chi connectivity index (χ2v) is 4.03. The molecular formula is C12H18ClFN2. The van der Waals surface area contributed by atoms with Gasteiger partial charge in [0.15, 0.2) is 0 Å². The van der Waals surface area contributed by atoms with Crippen LogP contribution in [-0.2, 0) is 6.54 Å². The Bertz CT molecular complexity index is 318. The molecule has 0 aromatic heterocycles. The lowest BCUT2D eigenvalue weighted by molar-refractivity contribution is 0.603. The number of halogens is 2. The fraction of sp³-hybridized carbons (Fsp3) is 0.500. The molecule has 0 aliphatic carbocycles. The molecule has 0 aliphatic heterocycles. The van der Waals surface area contributed by atoms with Gasteiger partial charge in [0.05, 0.1) is 0 Å². The van der Waals surface area contributed by atoms with Crippen molar-refractivity contribution < 1.29 is 4.39 Å². The Morgan fingerprint density at radius 3 is 2.69 bits per heavy atom. The van der Waals surface area contributed by atoms with E-state index in [0.717, 1.165) is 31.6 Å². The lowest BCUT2D eigenvalue weighted by atomic mass is 10.2. The van der Waals surface area contributed by atoms with E-state index >= 15 is 0 Å². The molecule has 2 nitrogen and oxygen atoms in total. The molecule has 0 bridgehead atoms. The Labute approximate surface area is 101 Å². The van der Waals surface area contributed by atoms with Crippen molar-refractivity contribution in [3.05, 3.63) is 34.6 Å². The third kappa shape index (κ3) is 4.92. The second kappa shape index (κ2) is 7.60. The van der Waals surface area contributed by atoms with Gasteiger partial charge in [-0.2, -0.15) is 0 Å². The van der Waals surface area contributed by atoms with Gasteiger partial charge in [0, 0.05) is 11.6 Å². The summed E-state index contributed by atoms with van der Waals surface area (Å²) in [4.78, 5) is 0. The molecule has 0 atom stereocenters. The molecule has 90 valence electrons. The summed E-state index contributed by atoms with van der Waals surface area (Å²) in [5.74, 6) is -0.291. The van der Waals surface area contributed by atoms with E-state index in [9.17, 15) is 4.39 Å². The number of nitrogens with one attached hydrogen (secondary N) is 2. The zero-order valence-electron chi connectivity index (χ0n) is 9.52. The minimum atomic E-state index is -0.291. The Kier molecular flexibility index (Phi) is 6.38. The number of benzene rings is 1. The third-order valence-corrected chi connectivity index (χ3v) is 2.64. The van der Waals surface area contributed by atoms with Crippen LogP contribution in [0.4, 0.5) is 4.39 Å². The zero-order valence-corrected chi connectivity index (χ0v) is 10.3. The number of hydrogen-bond acceptors (Lipinski definition) is 2. The Morgan fingerprint density at radius 2 is 2.00 bits per heavy atom. The SMILES string of the molecule is CCNCCCNCc1ccc(F)cc1Cl. The van der Waals surface area contributed by atoms with Gasteiger partial charge in [-0.05, 0) is 43.8 Å². The molecule has 2 N–H and O–H groups in total. The van der Waals surface area contributed by atoms with Crippen molar-refractivity contribution in [2.24, 2.45) is 0 Å². The first-order valence-corrected chi connectivity index (χ1v) is 5.97. The summed E-state index contributed by atoms with van der Waals surface area (Å²) in [5.41, 5.74) is 0.937. The van der Waals surface area contributed by atoms with Gasteiger partial charge in [-0.3, -0.25) is 0 Å². The molecule has 0 radical (unpaired) electrons. The molecule has 16 heavy (non-hydrogen) atoms. The second-order valence-electron chi connectivity index (χ2n) is 3.62. The van der Waals surface area contributed by atoms with E-state index in [4.69, 9.17) is 11.6 Å². The largest absolute Gasteiger partial charge is 0.317 e. The maximum Gasteiger partial charge on any atom is 0.124 e. The van der Waals surface area contributed by atoms with Gasteiger partial charge in [-0.25, -0.2) is 4.39 Å². The van der Waals surface area contributed by atoms with E-state index in [1.54, 1.807) is 6.07 Å². The Morgan fingerprint density at radius 1 is 1.25 bits per heavy atom. The summed E-state index contributed by atoms with van der Waals surface area (Å²) in [7, 11) is 0. The van der Waals surface area contributed by atoms with Gasteiger partial charge in [0.2, 0.25) is 0 Å². The first-order valence-electron chi connectivity index (χ1n) is 5.59.